The third-order valence-electron chi connectivity index (χ3n) is 3.76. The van der Waals surface area contributed by atoms with Gasteiger partial charge in [0.2, 0.25) is 0 Å². The first kappa shape index (κ1) is 32.2. The van der Waals surface area contributed by atoms with Crippen LogP contribution < -0.4 is 0 Å². The number of nitrogens with zero attached hydrogens (tertiary/aromatic N) is 4. The summed E-state index contributed by atoms with van der Waals surface area (Å²) in [5, 5.41) is 0. The summed E-state index contributed by atoms with van der Waals surface area (Å²) in [6.07, 6.45) is 4.65. The molecule has 0 heterocycles. The molecule has 0 aromatic rings. The minimum Gasteiger partial charge on any atom is -0.447 e. The molecule has 0 N–H and O–H groups in total. The first-order chi connectivity index (χ1) is 17.0. The molecule has 0 rings (SSSR count). The van der Waals surface area contributed by atoms with Crippen molar-refractivity contribution in [1.82, 2.24) is 9.80 Å². The van der Waals surface area contributed by atoms with Crippen molar-refractivity contribution in [3.8, 4) is 0 Å². The van der Waals surface area contributed by atoms with Gasteiger partial charge in [-0.05, 0) is 13.4 Å². The lowest BCUT2D eigenvalue weighted by molar-refractivity contribution is -0.0167. The Labute approximate surface area is 206 Å². The van der Waals surface area contributed by atoms with Gasteiger partial charge >= 0.3 is 12.2 Å². The molecule has 0 atom stereocenters. The molecule has 0 spiro atoms. The van der Waals surface area contributed by atoms with E-state index in [2.05, 4.69) is 23.4 Å². The fourth-order valence-electron chi connectivity index (χ4n) is 1.98. The third-order valence-corrected chi connectivity index (χ3v) is 3.76. The van der Waals surface area contributed by atoms with Crippen LogP contribution >= 0.6 is 0 Å². The van der Waals surface area contributed by atoms with E-state index in [1.165, 1.54) is 34.6 Å². The number of ether oxygens (including phenoxy) is 7. The molecule has 0 saturated carbocycles. The number of carbonyl (C=O) groups excluding carboxylic acids is 2. The molecule has 200 valence electrons. The molecule has 13 heteroatoms. The Morgan fingerprint density at radius 3 is 1.09 bits per heavy atom. The van der Waals surface area contributed by atoms with Crippen molar-refractivity contribution < 1.29 is 42.7 Å². The lowest BCUT2D eigenvalue weighted by Crippen LogP contribution is -2.23. The number of hydrogen-bond donors (Lipinski definition) is 0. The zero-order chi connectivity index (χ0) is 26.0. The molecule has 0 aliphatic heterocycles. The predicted molar refractivity (Wildman–Crippen MR) is 130 cm³/mol. The zero-order valence-electron chi connectivity index (χ0n) is 20.7. The second-order valence-corrected chi connectivity index (χ2v) is 6.47. The van der Waals surface area contributed by atoms with Crippen LogP contribution in [0.15, 0.2) is 34.8 Å². The molecule has 0 fully saturated rings. The predicted octanol–water partition coefficient (Wildman–Crippen LogP) is 1.55. The van der Waals surface area contributed by atoms with E-state index in [4.69, 9.17) is 33.2 Å². The van der Waals surface area contributed by atoms with Crippen LogP contribution in [0.5, 0.6) is 0 Å². The van der Waals surface area contributed by atoms with Gasteiger partial charge in [-0.3, -0.25) is 19.8 Å². The van der Waals surface area contributed by atoms with Crippen LogP contribution in [0.3, 0.4) is 0 Å². The fourth-order valence-corrected chi connectivity index (χ4v) is 1.98. The van der Waals surface area contributed by atoms with Gasteiger partial charge in [0.1, 0.15) is 13.2 Å². The maximum Gasteiger partial charge on any atom is 0.413 e. The topological polar surface area (TPSA) is 130 Å². The first-order valence-corrected chi connectivity index (χ1v) is 11.0. The Morgan fingerprint density at radius 1 is 0.571 bits per heavy atom. The van der Waals surface area contributed by atoms with Crippen molar-refractivity contribution >= 4 is 25.6 Å². The number of aliphatic imine (C=N–C) groups is 2. The molecule has 0 aromatic carbocycles. The Morgan fingerprint density at radius 2 is 0.829 bits per heavy atom. The molecule has 0 saturated heterocycles. The van der Waals surface area contributed by atoms with Crippen LogP contribution in [0.1, 0.15) is 0 Å². The second-order valence-electron chi connectivity index (χ2n) is 6.47. The van der Waals surface area contributed by atoms with E-state index < -0.39 is 12.2 Å². The van der Waals surface area contributed by atoms with Crippen molar-refractivity contribution in [1.29, 1.82) is 0 Å². The standard InChI is InChI=1S/C22H38N4O9/c1-23-5-7-25(3)21(27)34-19-17-32-15-13-30-11-9-29-10-12-31-14-16-33-18-20-35-22(28)26(4)8-6-24-2/h5-8H,1-2,9-20H2,3-4H3/b7-5-,8-6-. The molecule has 0 aliphatic rings. The maximum atomic E-state index is 11.5. The number of amides is 2. The van der Waals surface area contributed by atoms with E-state index in [1.54, 1.807) is 14.1 Å². The summed E-state index contributed by atoms with van der Waals surface area (Å²) in [7, 11) is 3.10. The van der Waals surface area contributed by atoms with Gasteiger partial charge in [-0.25, -0.2) is 9.59 Å². The highest BCUT2D eigenvalue weighted by Gasteiger charge is 2.06. The highest BCUT2D eigenvalue weighted by atomic mass is 16.6. The van der Waals surface area contributed by atoms with Crippen LogP contribution in [0.25, 0.3) is 0 Å². The lowest BCUT2D eigenvalue weighted by Gasteiger charge is -2.12. The maximum absolute atomic E-state index is 11.5. The quantitative estimate of drug-likeness (QED) is 0.160. The van der Waals surface area contributed by atoms with Gasteiger partial charge in [0.15, 0.2) is 0 Å². The molecule has 13 nitrogen and oxygen atoms in total. The summed E-state index contributed by atoms with van der Waals surface area (Å²) < 4.78 is 36.8. The van der Waals surface area contributed by atoms with Crippen LogP contribution in [0.4, 0.5) is 9.59 Å². The molecular weight excluding hydrogens is 464 g/mol. The number of hydrogen-bond acceptors (Lipinski definition) is 11. The van der Waals surface area contributed by atoms with E-state index in [1.807, 2.05) is 0 Å². The van der Waals surface area contributed by atoms with Crippen molar-refractivity contribution in [3.63, 3.8) is 0 Å². The zero-order valence-corrected chi connectivity index (χ0v) is 20.7. The summed E-state index contributed by atoms with van der Waals surface area (Å²) in [5.41, 5.74) is 0. The average Bonchev–Trinajstić information content (AvgIpc) is 2.86. The SMILES string of the molecule is C=N/C=C\N(C)C(=O)OCCOCCOCCOCCOCCOCCOC(=O)N(C)/C=C\N=C. The molecule has 0 radical (unpaired) electrons. The smallest absolute Gasteiger partial charge is 0.413 e. The summed E-state index contributed by atoms with van der Waals surface area (Å²) >= 11 is 0. The van der Waals surface area contributed by atoms with E-state index in [9.17, 15) is 9.59 Å². The molecule has 0 unspecified atom stereocenters. The van der Waals surface area contributed by atoms with Gasteiger partial charge in [-0.15, -0.1) is 0 Å². The summed E-state index contributed by atoms with van der Waals surface area (Å²) in [4.78, 5) is 32.6. The number of carbonyl (C=O) groups is 2. The Hall–Kier alpha value is -2.84. The van der Waals surface area contributed by atoms with E-state index in [-0.39, 0.29) is 26.4 Å². The van der Waals surface area contributed by atoms with E-state index >= 15 is 0 Å². The highest BCUT2D eigenvalue weighted by molar-refractivity contribution is 5.68. The van der Waals surface area contributed by atoms with Gasteiger partial charge in [0.05, 0.1) is 66.1 Å². The average molecular weight is 503 g/mol. The Kier molecular flexibility index (Phi) is 22.3. The summed E-state index contributed by atoms with van der Waals surface area (Å²) in [5.74, 6) is 0. The minimum atomic E-state index is -0.503. The van der Waals surface area contributed by atoms with Gasteiger partial charge in [0, 0.05) is 38.9 Å². The number of rotatable bonds is 22. The van der Waals surface area contributed by atoms with Crippen molar-refractivity contribution in [2.45, 2.75) is 0 Å². The third kappa shape index (κ3) is 21.4. The van der Waals surface area contributed by atoms with Gasteiger partial charge in [0.25, 0.3) is 0 Å². The van der Waals surface area contributed by atoms with Crippen molar-refractivity contribution in [3.05, 3.63) is 24.8 Å². The molecule has 0 aromatic heterocycles. The summed E-state index contributed by atoms with van der Waals surface area (Å²) in [6.45, 7) is 10.7. The highest BCUT2D eigenvalue weighted by Crippen LogP contribution is 1.93. The largest absolute Gasteiger partial charge is 0.447 e. The van der Waals surface area contributed by atoms with Crippen molar-refractivity contribution in [2.75, 3.05) is 93.4 Å². The molecule has 0 aliphatic carbocycles. The van der Waals surface area contributed by atoms with Crippen LogP contribution in [-0.2, 0) is 33.2 Å². The van der Waals surface area contributed by atoms with E-state index in [0.29, 0.717) is 52.9 Å². The lowest BCUT2D eigenvalue weighted by atomic mass is 10.6. The molecule has 35 heavy (non-hydrogen) atoms. The molecular formula is C22H38N4O9. The van der Waals surface area contributed by atoms with Gasteiger partial charge < -0.3 is 33.2 Å². The normalized spacial score (nSPS) is 11.0. The van der Waals surface area contributed by atoms with Crippen molar-refractivity contribution in [2.24, 2.45) is 9.98 Å². The summed E-state index contributed by atoms with van der Waals surface area (Å²) in [6, 6.07) is 0. The Balaban J connectivity index is 3.30. The molecule has 0 bridgehead atoms. The van der Waals surface area contributed by atoms with E-state index in [0.717, 1.165) is 0 Å². The second kappa shape index (κ2) is 24.3. The monoisotopic (exact) mass is 502 g/mol. The first-order valence-electron chi connectivity index (χ1n) is 11.0. The van der Waals surface area contributed by atoms with Crippen LogP contribution in [0.2, 0.25) is 0 Å². The van der Waals surface area contributed by atoms with Gasteiger partial charge in [-0.2, -0.15) is 0 Å². The fraction of sp³-hybridized carbons (Fsp3) is 0.636. The van der Waals surface area contributed by atoms with Crippen LogP contribution in [0, 0.1) is 0 Å². The molecule has 2 amide bonds. The van der Waals surface area contributed by atoms with Gasteiger partial charge in [-0.1, -0.05) is 0 Å². The Bertz CT molecular complexity index is 580. The minimum absolute atomic E-state index is 0.143. The van der Waals surface area contributed by atoms with Crippen LogP contribution in [-0.4, -0.2) is 129 Å².